The predicted molar refractivity (Wildman–Crippen MR) is 79.0 cm³/mol. The Bertz CT molecular complexity index is 206. The Labute approximate surface area is 114 Å². The molecule has 2 nitrogen and oxygen atoms in total. The van der Waals surface area contributed by atoms with Gasteiger partial charge in [0.2, 0.25) is 0 Å². The van der Waals surface area contributed by atoms with Crippen molar-refractivity contribution < 1.29 is 4.74 Å². The number of rotatable bonds is 10. The van der Waals surface area contributed by atoms with Gasteiger partial charge >= 0.3 is 0 Å². The molecule has 0 heterocycles. The van der Waals surface area contributed by atoms with Crippen LogP contribution in [0.5, 0.6) is 0 Å². The first kappa shape index (κ1) is 16.0. The summed E-state index contributed by atoms with van der Waals surface area (Å²) in [6.45, 7) is 8.02. The van der Waals surface area contributed by atoms with Gasteiger partial charge in [0.25, 0.3) is 0 Å². The molecule has 1 atom stereocenters. The number of hydrogen-bond donors (Lipinski definition) is 1. The van der Waals surface area contributed by atoms with E-state index in [0.717, 1.165) is 12.5 Å². The molecule has 2 heteroatoms. The average Bonchev–Trinajstić information content (AvgIpc) is 2.29. The predicted octanol–water partition coefficient (Wildman–Crippen LogP) is 4.14. The Morgan fingerprint density at radius 2 is 1.94 bits per heavy atom. The molecule has 1 rings (SSSR count). The summed E-state index contributed by atoms with van der Waals surface area (Å²) in [4.78, 5) is 0. The Hall–Kier alpha value is -0.0800. The van der Waals surface area contributed by atoms with Crippen LogP contribution in [0.15, 0.2) is 0 Å². The van der Waals surface area contributed by atoms with E-state index in [1.807, 2.05) is 7.11 Å². The second-order valence-corrected chi connectivity index (χ2v) is 6.42. The largest absolute Gasteiger partial charge is 0.378 e. The minimum Gasteiger partial charge on any atom is -0.378 e. The first-order valence-electron chi connectivity index (χ1n) is 7.90. The van der Waals surface area contributed by atoms with E-state index in [2.05, 4.69) is 26.1 Å². The summed E-state index contributed by atoms with van der Waals surface area (Å²) in [6, 6.07) is 0.656. The van der Waals surface area contributed by atoms with E-state index in [0.29, 0.717) is 6.04 Å². The van der Waals surface area contributed by atoms with Gasteiger partial charge in [-0.1, -0.05) is 33.6 Å². The standard InChI is InChI=1S/C16H33NO/c1-5-12-17-15(9-6-8-14(2)3)13-16(18-4)10-7-11-16/h14-15,17H,5-13H2,1-4H3. The van der Waals surface area contributed by atoms with E-state index < -0.39 is 0 Å². The molecule has 1 unspecified atom stereocenters. The van der Waals surface area contributed by atoms with Gasteiger partial charge in [-0.15, -0.1) is 0 Å². The Balaban J connectivity index is 2.34. The highest BCUT2D eigenvalue weighted by molar-refractivity contribution is 4.93. The van der Waals surface area contributed by atoms with Crippen LogP contribution in [-0.4, -0.2) is 25.3 Å². The number of methoxy groups -OCH3 is 1. The van der Waals surface area contributed by atoms with Crippen molar-refractivity contribution in [2.45, 2.75) is 83.8 Å². The summed E-state index contributed by atoms with van der Waals surface area (Å²) in [5.74, 6) is 0.830. The molecule has 1 fully saturated rings. The van der Waals surface area contributed by atoms with Gasteiger partial charge in [0.05, 0.1) is 5.60 Å². The molecule has 18 heavy (non-hydrogen) atoms. The summed E-state index contributed by atoms with van der Waals surface area (Å²) in [5.41, 5.74) is 0.212. The molecule has 0 aromatic carbocycles. The fourth-order valence-electron chi connectivity index (χ4n) is 2.91. The number of nitrogens with one attached hydrogen (secondary N) is 1. The van der Waals surface area contributed by atoms with Crippen LogP contribution in [0.25, 0.3) is 0 Å². The highest BCUT2D eigenvalue weighted by Gasteiger charge is 2.38. The quantitative estimate of drug-likeness (QED) is 0.633. The van der Waals surface area contributed by atoms with Crippen molar-refractivity contribution in [3.8, 4) is 0 Å². The molecular formula is C16H33NO. The topological polar surface area (TPSA) is 21.3 Å². The molecule has 0 aliphatic heterocycles. The lowest BCUT2D eigenvalue weighted by Gasteiger charge is -2.43. The van der Waals surface area contributed by atoms with Gasteiger partial charge in [0.1, 0.15) is 0 Å². The summed E-state index contributed by atoms with van der Waals surface area (Å²) < 4.78 is 5.77. The highest BCUT2D eigenvalue weighted by atomic mass is 16.5. The van der Waals surface area contributed by atoms with Crippen molar-refractivity contribution in [3.05, 3.63) is 0 Å². The van der Waals surface area contributed by atoms with E-state index >= 15 is 0 Å². The van der Waals surface area contributed by atoms with Gasteiger partial charge in [-0.2, -0.15) is 0 Å². The number of ether oxygens (including phenoxy) is 1. The average molecular weight is 255 g/mol. The molecule has 0 spiro atoms. The molecule has 1 saturated carbocycles. The van der Waals surface area contributed by atoms with Crippen LogP contribution in [-0.2, 0) is 4.74 Å². The zero-order valence-electron chi connectivity index (χ0n) is 12.9. The number of hydrogen-bond acceptors (Lipinski definition) is 2. The first-order chi connectivity index (χ1) is 8.62. The Morgan fingerprint density at radius 1 is 1.22 bits per heavy atom. The maximum absolute atomic E-state index is 5.77. The van der Waals surface area contributed by atoms with Crippen LogP contribution in [0, 0.1) is 5.92 Å². The van der Waals surface area contributed by atoms with Crippen molar-refractivity contribution in [3.63, 3.8) is 0 Å². The molecule has 0 bridgehead atoms. The zero-order chi connectivity index (χ0) is 13.4. The molecule has 0 radical (unpaired) electrons. The minimum atomic E-state index is 0.212. The second-order valence-electron chi connectivity index (χ2n) is 6.42. The van der Waals surface area contributed by atoms with Gasteiger partial charge < -0.3 is 10.1 Å². The van der Waals surface area contributed by atoms with E-state index in [1.165, 1.54) is 51.4 Å². The van der Waals surface area contributed by atoms with Crippen LogP contribution in [0.2, 0.25) is 0 Å². The van der Waals surface area contributed by atoms with Gasteiger partial charge in [-0.3, -0.25) is 0 Å². The maximum Gasteiger partial charge on any atom is 0.0693 e. The third-order valence-corrected chi connectivity index (χ3v) is 4.33. The SMILES string of the molecule is CCCNC(CCCC(C)C)CC1(OC)CCC1. The Kier molecular flexibility index (Phi) is 7.25. The summed E-state index contributed by atoms with van der Waals surface area (Å²) in [5, 5.41) is 3.72. The van der Waals surface area contributed by atoms with Gasteiger partial charge in [-0.25, -0.2) is 0 Å². The Morgan fingerprint density at radius 3 is 2.39 bits per heavy atom. The van der Waals surface area contributed by atoms with Gasteiger partial charge in [-0.05, 0) is 51.0 Å². The van der Waals surface area contributed by atoms with Crippen molar-refractivity contribution in [1.82, 2.24) is 5.32 Å². The molecule has 108 valence electrons. The van der Waals surface area contributed by atoms with E-state index in [9.17, 15) is 0 Å². The third kappa shape index (κ3) is 5.27. The maximum atomic E-state index is 5.77. The molecule has 0 aromatic heterocycles. The van der Waals surface area contributed by atoms with Crippen LogP contribution in [0.1, 0.15) is 72.1 Å². The monoisotopic (exact) mass is 255 g/mol. The molecule has 0 saturated heterocycles. The highest BCUT2D eigenvalue weighted by Crippen LogP contribution is 2.39. The van der Waals surface area contributed by atoms with E-state index in [-0.39, 0.29) is 5.60 Å². The fourth-order valence-corrected chi connectivity index (χ4v) is 2.91. The zero-order valence-corrected chi connectivity index (χ0v) is 12.9. The van der Waals surface area contributed by atoms with Crippen LogP contribution in [0.3, 0.4) is 0 Å². The van der Waals surface area contributed by atoms with Gasteiger partial charge in [0.15, 0.2) is 0 Å². The lowest BCUT2D eigenvalue weighted by molar-refractivity contribution is -0.0839. The second kappa shape index (κ2) is 8.16. The fraction of sp³-hybridized carbons (Fsp3) is 1.00. The summed E-state index contributed by atoms with van der Waals surface area (Å²) >= 11 is 0. The van der Waals surface area contributed by atoms with Crippen LogP contribution < -0.4 is 5.32 Å². The van der Waals surface area contributed by atoms with E-state index in [4.69, 9.17) is 4.74 Å². The van der Waals surface area contributed by atoms with Crippen molar-refractivity contribution in [2.75, 3.05) is 13.7 Å². The summed E-state index contributed by atoms with van der Waals surface area (Å²) in [7, 11) is 1.89. The molecule has 1 N–H and O–H groups in total. The normalized spacial score (nSPS) is 19.8. The smallest absolute Gasteiger partial charge is 0.0693 e. The summed E-state index contributed by atoms with van der Waals surface area (Å²) in [6.07, 6.45) is 10.3. The molecule has 1 aliphatic rings. The molecule has 0 amide bonds. The van der Waals surface area contributed by atoms with Crippen molar-refractivity contribution in [2.24, 2.45) is 5.92 Å². The molecule has 1 aliphatic carbocycles. The van der Waals surface area contributed by atoms with Crippen molar-refractivity contribution >= 4 is 0 Å². The lowest BCUT2D eigenvalue weighted by atomic mass is 9.75. The van der Waals surface area contributed by atoms with Crippen LogP contribution in [0.4, 0.5) is 0 Å². The van der Waals surface area contributed by atoms with E-state index in [1.54, 1.807) is 0 Å². The third-order valence-electron chi connectivity index (χ3n) is 4.33. The minimum absolute atomic E-state index is 0.212. The van der Waals surface area contributed by atoms with Gasteiger partial charge in [0, 0.05) is 13.2 Å². The van der Waals surface area contributed by atoms with Crippen molar-refractivity contribution in [1.29, 1.82) is 0 Å². The van der Waals surface area contributed by atoms with Crippen LogP contribution >= 0.6 is 0 Å². The lowest BCUT2D eigenvalue weighted by Crippen LogP contribution is -2.46. The first-order valence-corrected chi connectivity index (χ1v) is 7.90. The molecule has 0 aromatic rings. The molecular weight excluding hydrogens is 222 g/mol.